The summed E-state index contributed by atoms with van der Waals surface area (Å²) < 4.78 is 34.5. The third-order valence-corrected chi connectivity index (χ3v) is 5.06. The number of H-pyrrole nitrogens is 1. The van der Waals surface area contributed by atoms with Crippen molar-refractivity contribution < 1.29 is 17.9 Å². The van der Waals surface area contributed by atoms with Crippen LogP contribution in [-0.4, -0.2) is 31.2 Å². The summed E-state index contributed by atoms with van der Waals surface area (Å²) in [4.78, 5) is 7.23. The maximum absolute atomic E-state index is 11.5. The maximum Gasteiger partial charge on any atom is 0.192 e. The number of hydrogen-bond donors (Lipinski definition) is 2. The number of sulfone groups is 1. The molecule has 0 spiro atoms. The quantitative estimate of drug-likeness (QED) is 0.593. The zero-order valence-electron chi connectivity index (χ0n) is 14.4. The number of rotatable bonds is 7. The number of aromatic amines is 1. The number of hydrogen-bond acceptors (Lipinski definition) is 7. The molecule has 26 heavy (non-hydrogen) atoms. The van der Waals surface area contributed by atoms with Crippen LogP contribution in [-0.2, 0) is 15.6 Å². The molecule has 0 aliphatic rings. The first-order valence-electron chi connectivity index (χ1n) is 7.85. The highest BCUT2D eigenvalue weighted by Gasteiger charge is 2.12. The van der Waals surface area contributed by atoms with E-state index in [0.29, 0.717) is 29.6 Å². The van der Waals surface area contributed by atoms with Crippen LogP contribution in [0.3, 0.4) is 0 Å². The van der Waals surface area contributed by atoms with Gasteiger partial charge in [-0.05, 0) is 31.2 Å². The lowest BCUT2D eigenvalue weighted by atomic mass is 10.2. The van der Waals surface area contributed by atoms with E-state index in [0.717, 1.165) is 22.9 Å². The van der Waals surface area contributed by atoms with Gasteiger partial charge in [-0.3, -0.25) is 5.14 Å². The molecule has 0 fully saturated rings. The van der Waals surface area contributed by atoms with Crippen LogP contribution in [0.2, 0.25) is 0 Å². The van der Waals surface area contributed by atoms with E-state index in [2.05, 4.69) is 9.97 Å². The Labute approximate surface area is 156 Å². The molecule has 0 aliphatic heterocycles. The minimum Gasteiger partial charge on any atom is -0.492 e. The average Bonchev–Trinajstić information content (AvgIpc) is 2.98. The number of ether oxygens (including phenoxy) is 2. The van der Waals surface area contributed by atoms with Gasteiger partial charge in [-0.15, -0.1) is 0 Å². The number of benzene rings is 1. The van der Waals surface area contributed by atoms with Crippen molar-refractivity contribution in [3.8, 4) is 17.2 Å². The van der Waals surface area contributed by atoms with Crippen LogP contribution in [0.4, 0.5) is 0 Å². The fourth-order valence-corrected chi connectivity index (χ4v) is 3.42. The third-order valence-electron chi connectivity index (χ3n) is 3.58. The number of fused-ring (bicyclic) bond motifs is 1. The van der Waals surface area contributed by atoms with Crippen molar-refractivity contribution in [2.45, 2.75) is 17.7 Å². The fraction of sp³-hybridized carbons (Fsp3) is 0.235. The molecule has 7 nitrogen and oxygen atoms in total. The van der Waals surface area contributed by atoms with Crippen molar-refractivity contribution >= 4 is 32.7 Å². The Morgan fingerprint density at radius 2 is 2.04 bits per heavy atom. The SMILES string of the molecule is CCOc1cc(Oc2ccc(S(C)(=O)=O)nc2)cc2cc(CSN)[nH]c12. The van der Waals surface area contributed by atoms with Crippen LogP contribution in [0.25, 0.3) is 10.9 Å². The standard InChI is InChI=1S/C17H19N3O4S2/c1-3-23-15-8-14(7-11-6-12(10-25-18)20-17(11)15)24-13-4-5-16(19-9-13)26(2,21)22/h4-9,20H,3,10,18H2,1-2H3. The molecule has 2 aromatic heterocycles. The van der Waals surface area contributed by atoms with Gasteiger partial charge in [-0.2, -0.15) is 0 Å². The first-order valence-corrected chi connectivity index (χ1v) is 10.8. The monoisotopic (exact) mass is 393 g/mol. The van der Waals surface area contributed by atoms with Gasteiger partial charge in [0, 0.05) is 29.2 Å². The molecule has 138 valence electrons. The van der Waals surface area contributed by atoms with Crippen LogP contribution in [0.5, 0.6) is 17.2 Å². The van der Waals surface area contributed by atoms with Crippen LogP contribution in [0.1, 0.15) is 12.6 Å². The lowest BCUT2D eigenvalue weighted by Gasteiger charge is -2.10. The van der Waals surface area contributed by atoms with Gasteiger partial charge in [-0.1, -0.05) is 11.9 Å². The van der Waals surface area contributed by atoms with Gasteiger partial charge >= 0.3 is 0 Å². The normalized spacial score (nSPS) is 11.7. The molecule has 0 aliphatic carbocycles. The molecule has 0 saturated heterocycles. The lowest BCUT2D eigenvalue weighted by molar-refractivity contribution is 0.341. The molecule has 0 radical (unpaired) electrons. The summed E-state index contributed by atoms with van der Waals surface area (Å²) in [5.74, 6) is 2.34. The highest BCUT2D eigenvalue weighted by Crippen LogP contribution is 2.34. The number of nitrogens with two attached hydrogens (primary N) is 1. The molecule has 2 heterocycles. The van der Waals surface area contributed by atoms with E-state index in [1.807, 2.05) is 19.1 Å². The van der Waals surface area contributed by atoms with Crippen LogP contribution in [0.15, 0.2) is 41.6 Å². The molecular formula is C17H19N3O4S2. The second-order valence-electron chi connectivity index (χ2n) is 5.63. The molecule has 0 amide bonds. The van der Waals surface area contributed by atoms with Gasteiger partial charge in [0.15, 0.2) is 14.9 Å². The highest BCUT2D eigenvalue weighted by molar-refractivity contribution is 7.96. The molecular weight excluding hydrogens is 374 g/mol. The summed E-state index contributed by atoms with van der Waals surface area (Å²) in [7, 11) is -3.34. The predicted octanol–water partition coefficient (Wildman–Crippen LogP) is 3.26. The summed E-state index contributed by atoms with van der Waals surface area (Å²) in [6, 6.07) is 8.65. The predicted molar refractivity (Wildman–Crippen MR) is 102 cm³/mol. The number of nitrogens with zero attached hydrogens (tertiary/aromatic N) is 1. The second-order valence-corrected chi connectivity index (χ2v) is 8.22. The molecule has 0 unspecified atom stereocenters. The zero-order chi connectivity index (χ0) is 18.7. The molecule has 0 atom stereocenters. The van der Waals surface area contributed by atoms with E-state index in [1.165, 1.54) is 24.2 Å². The van der Waals surface area contributed by atoms with Crippen molar-refractivity contribution in [1.82, 2.24) is 9.97 Å². The molecule has 0 bridgehead atoms. The fourth-order valence-electron chi connectivity index (χ4n) is 2.52. The number of aromatic nitrogens is 2. The van der Waals surface area contributed by atoms with Crippen LogP contribution < -0.4 is 14.6 Å². The van der Waals surface area contributed by atoms with E-state index < -0.39 is 9.84 Å². The molecule has 1 aromatic carbocycles. The van der Waals surface area contributed by atoms with E-state index in [-0.39, 0.29) is 5.03 Å². The summed E-state index contributed by atoms with van der Waals surface area (Å²) in [6.45, 7) is 2.43. The summed E-state index contributed by atoms with van der Waals surface area (Å²) in [5.41, 5.74) is 1.87. The number of pyridine rings is 1. The Morgan fingerprint density at radius 1 is 1.23 bits per heavy atom. The van der Waals surface area contributed by atoms with Crippen molar-refractivity contribution in [2.75, 3.05) is 12.9 Å². The molecule has 0 saturated carbocycles. The molecule has 9 heteroatoms. The van der Waals surface area contributed by atoms with Gasteiger partial charge < -0.3 is 14.5 Å². The Kier molecular flexibility index (Phi) is 5.40. The zero-order valence-corrected chi connectivity index (χ0v) is 16.0. The molecule has 3 aromatic rings. The topological polar surface area (TPSA) is 107 Å². The van der Waals surface area contributed by atoms with Gasteiger partial charge in [0.05, 0.1) is 18.3 Å². The third kappa shape index (κ3) is 4.12. The first kappa shape index (κ1) is 18.6. The first-order chi connectivity index (χ1) is 12.4. The van der Waals surface area contributed by atoms with Crippen molar-refractivity contribution in [3.05, 3.63) is 42.2 Å². The highest BCUT2D eigenvalue weighted by atomic mass is 32.2. The minimum absolute atomic E-state index is 0.00451. The Morgan fingerprint density at radius 3 is 2.65 bits per heavy atom. The average molecular weight is 393 g/mol. The number of nitrogens with one attached hydrogen (secondary N) is 1. The summed E-state index contributed by atoms with van der Waals surface area (Å²) in [6.07, 6.45) is 2.50. The molecule has 3 N–H and O–H groups in total. The van der Waals surface area contributed by atoms with E-state index in [4.69, 9.17) is 14.6 Å². The molecule has 3 rings (SSSR count). The lowest BCUT2D eigenvalue weighted by Crippen LogP contribution is -2.00. The van der Waals surface area contributed by atoms with Crippen molar-refractivity contribution in [3.63, 3.8) is 0 Å². The van der Waals surface area contributed by atoms with Gasteiger partial charge in [0.25, 0.3) is 0 Å². The Bertz CT molecular complexity index is 1010. The van der Waals surface area contributed by atoms with Gasteiger partial charge in [-0.25, -0.2) is 13.4 Å². The van der Waals surface area contributed by atoms with E-state index >= 15 is 0 Å². The van der Waals surface area contributed by atoms with E-state index in [9.17, 15) is 8.42 Å². The van der Waals surface area contributed by atoms with Gasteiger partial charge in [0.1, 0.15) is 17.2 Å². The van der Waals surface area contributed by atoms with Gasteiger partial charge in [0.2, 0.25) is 0 Å². The summed E-state index contributed by atoms with van der Waals surface area (Å²) >= 11 is 1.24. The largest absolute Gasteiger partial charge is 0.492 e. The Hall–Kier alpha value is -2.23. The minimum atomic E-state index is -3.34. The van der Waals surface area contributed by atoms with Crippen LogP contribution in [0, 0.1) is 0 Å². The second kappa shape index (κ2) is 7.56. The van der Waals surface area contributed by atoms with Crippen LogP contribution >= 0.6 is 11.9 Å². The smallest absolute Gasteiger partial charge is 0.192 e. The Balaban J connectivity index is 1.94. The van der Waals surface area contributed by atoms with E-state index in [1.54, 1.807) is 12.1 Å². The van der Waals surface area contributed by atoms with Crippen molar-refractivity contribution in [2.24, 2.45) is 5.14 Å². The van der Waals surface area contributed by atoms with Crippen molar-refractivity contribution in [1.29, 1.82) is 0 Å². The summed E-state index contributed by atoms with van der Waals surface area (Å²) in [5, 5.41) is 6.49. The maximum atomic E-state index is 11.5.